The van der Waals surface area contributed by atoms with E-state index >= 15 is 0 Å². The van der Waals surface area contributed by atoms with E-state index in [1.165, 1.54) is 6.42 Å². The minimum Gasteiger partial charge on any atom is -0.351 e. The molecule has 3 rings (SSSR count). The number of carbonyl (C=O) groups excluding carboxylic acids is 2. The first-order valence-electron chi connectivity index (χ1n) is 10.1. The molecule has 1 aliphatic rings. The lowest BCUT2D eigenvalue weighted by Crippen LogP contribution is -2.50. The average molecular weight is 401 g/mol. The summed E-state index contributed by atoms with van der Waals surface area (Å²) in [6, 6.07) is 8.92. The van der Waals surface area contributed by atoms with Gasteiger partial charge in [-0.25, -0.2) is 0 Å². The van der Waals surface area contributed by atoms with E-state index in [0.717, 1.165) is 49.2 Å². The van der Waals surface area contributed by atoms with E-state index in [9.17, 15) is 9.59 Å². The van der Waals surface area contributed by atoms with Crippen molar-refractivity contribution in [2.75, 3.05) is 0 Å². The number of hydrogen-bond acceptors (Lipinski definition) is 5. The molecule has 1 aromatic heterocycles. The molecule has 0 aliphatic heterocycles. The van der Waals surface area contributed by atoms with Crippen molar-refractivity contribution >= 4 is 23.3 Å². The lowest BCUT2D eigenvalue weighted by molar-refractivity contribution is -0.127. The molecule has 1 saturated carbocycles. The molecule has 7 heteroatoms. The molecule has 0 radical (unpaired) electrons. The van der Waals surface area contributed by atoms with Crippen molar-refractivity contribution in [1.29, 1.82) is 0 Å². The predicted octanol–water partition coefficient (Wildman–Crippen LogP) is 3.97. The third-order valence-corrected chi connectivity index (χ3v) is 5.98. The summed E-state index contributed by atoms with van der Waals surface area (Å²) in [5.74, 6) is -0.370. The topological polar surface area (TPSA) is 75.2 Å². The molecule has 0 bridgehead atoms. The van der Waals surface area contributed by atoms with Crippen LogP contribution in [0.1, 0.15) is 74.5 Å². The second-order valence-electron chi connectivity index (χ2n) is 7.42. The normalized spacial score (nSPS) is 16.9. The quantitative estimate of drug-likeness (QED) is 0.763. The van der Waals surface area contributed by atoms with Crippen LogP contribution in [0.25, 0.3) is 0 Å². The third-order valence-electron chi connectivity index (χ3n) is 5.47. The van der Waals surface area contributed by atoms with Crippen molar-refractivity contribution in [3.63, 3.8) is 0 Å². The summed E-state index contributed by atoms with van der Waals surface area (Å²) in [6.45, 7) is 3.99. The summed E-state index contributed by atoms with van der Waals surface area (Å²) in [4.78, 5) is 28.3. The number of amides is 2. The Morgan fingerprint density at radius 2 is 1.93 bits per heavy atom. The van der Waals surface area contributed by atoms with E-state index in [2.05, 4.69) is 14.9 Å². The highest BCUT2D eigenvalue weighted by molar-refractivity contribution is 7.03. The summed E-state index contributed by atoms with van der Waals surface area (Å²) in [6.07, 6.45) is 6.24. The zero-order valence-corrected chi connectivity index (χ0v) is 17.3. The minimum absolute atomic E-state index is 0.114. The van der Waals surface area contributed by atoms with Gasteiger partial charge in [0.15, 0.2) is 5.69 Å². The standard InChI is InChI=1S/C21H28N4O2S/c1-3-15(2)25(21(27)18-14-28-24-23-18)19(16-10-6-4-7-11-16)20(26)22-17-12-8-5-9-13-17/h4,6-7,10-11,14-15,17,19H,3,5,8-9,12-13H2,1-2H3,(H,22,26)/t15-,19+/m1/s1. The van der Waals surface area contributed by atoms with Gasteiger partial charge in [0.05, 0.1) is 0 Å². The van der Waals surface area contributed by atoms with Gasteiger partial charge < -0.3 is 10.2 Å². The molecule has 150 valence electrons. The first-order chi connectivity index (χ1) is 13.6. The van der Waals surface area contributed by atoms with Crippen molar-refractivity contribution in [3.8, 4) is 0 Å². The Morgan fingerprint density at radius 1 is 1.21 bits per heavy atom. The van der Waals surface area contributed by atoms with E-state index in [1.807, 2.05) is 44.2 Å². The molecule has 0 unspecified atom stereocenters. The van der Waals surface area contributed by atoms with Gasteiger partial charge in [-0.1, -0.05) is 61.0 Å². The highest BCUT2D eigenvalue weighted by atomic mass is 32.1. The second kappa shape index (κ2) is 9.78. The highest BCUT2D eigenvalue weighted by Gasteiger charge is 2.36. The fraction of sp³-hybridized carbons (Fsp3) is 0.524. The molecule has 2 amide bonds. The van der Waals surface area contributed by atoms with Crippen LogP contribution in [0.5, 0.6) is 0 Å². The lowest BCUT2D eigenvalue weighted by atomic mass is 9.94. The van der Waals surface area contributed by atoms with E-state index < -0.39 is 6.04 Å². The fourth-order valence-electron chi connectivity index (χ4n) is 3.76. The molecular weight excluding hydrogens is 372 g/mol. The van der Waals surface area contributed by atoms with E-state index in [0.29, 0.717) is 0 Å². The number of aromatic nitrogens is 2. The fourth-order valence-corrected chi connectivity index (χ4v) is 4.19. The molecule has 0 spiro atoms. The highest BCUT2D eigenvalue weighted by Crippen LogP contribution is 2.28. The molecule has 2 atom stereocenters. The Hall–Kier alpha value is -2.28. The first-order valence-corrected chi connectivity index (χ1v) is 10.9. The average Bonchev–Trinajstić information content (AvgIpc) is 3.27. The number of nitrogens with one attached hydrogen (secondary N) is 1. The van der Waals surface area contributed by atoms with Crippen molar-refractivity contribution in [2.45, 2.75) is 70.5 Å². The molecule has 1 aromatic carbocycles. The van der Waals surface area contributed by atoms with Crippen LogP contribution in [-0.2, 0) is 4.79 Å². The predicted molar refractivity (Wildman–Crippen MR) is 110 cm³/mol. The lowest BCUT2D eigenvalue weighted by Gasteiger charge is -2.36. The van der Waals surface area contributed by atoms with Gasteiger partial charge in [-0.2, -0.15) is 0 Å². The monoisotopic (exact) mass is 400 g/mol. The molecule has 1 heterocycles. The molecule has 2 aromatic rings. The van der Waals surface area contributed by atoms with Gasteiger partial charge in [0.1, 0.15) is 6.04 Å². The van der Waals surface area contributed by atoms with Crippen LogP contribution < -0.4 is 5.32 Å². The van der Waals surface area contributed by atoms with Crippen LogP contribution in [0.3, 0.4) is 0 Å². The van der Waals surface area contributed by atoms with Crippen LogP contribution in [0, 0.1) is 0 Å². The molecular formula is C21H28N4O2S. The molecule has 28 heavy (non-hydrogen) atoms. The van der Waals surface area contributed by atoms with E-state index in [-0.39, 0.29) is 29.6 Å². The van der Waals surface area contributed by atoms with Gasteiger partial charge in [0.25, 0.3) is 5.91 Å². The Kier molecular flexibility index (Phi) is 7.14. The van der Waals surface area contributed by atoms with E-state index in [1.54, 1.807) is 10.3 Å². The SMILES string of the molecule is CC[C@@H](C)N(C(=O)c1csnn1)[C@H](C(=O)NC1CCCCC1)c1ccccc1. The number of hydrogen-bond donors (Lipinski definition) is 1. The van der Waals surface area contributed by atoms with Crippen molar-refractivity contribution in [1.82, 2.24) is 19.8 Å². The van der Waals surface area contributed by atoms with Crippen LogP contribution in [0.15, 0.2) is 35.7 Å². The summed E-state index contributed by atoms with van der Waals surface area (Å²) >= 11 is 1.14. The van der Waals surface area contributed by atoms with Crippen molar-refractivity contribution < 1.29 is 9.59 Å². The smallest absolute Gasteiger partial charge is 0.276 e. The molecule has 6 nitrogen and oxygen atoms in total. The molecule has 1 fully saturated rings. The minimum atomic E-state index is -0.688. The third kappa shape index (κ3) is 4.76. The van der Waals surface area contributed by atoms with Gasteiger partial charge in [0.2, 0.25) is 5.91 Å². The number of nitrogens with zero attached hydrogens (tertiary/aromatic N) is 3. The van der Waals surface area contributed by atoms with Crippen LogP contribution >= 0.6 is 11.5 Å². The van der Waals surface area contributed by atoms with Gasteiger partial charge in [-0.3, -0.25) is 9.59 Å². The molecule has 0 saturated heterocycles. The Labute approximate surface area is 170 Å². The van der Waals surface area contributed by atoms with Gasteiger partial charge >= 0.3 is 0 Å². The maximum absolute atomic E-state index is 13.4. The van der Waals surface area contributed by atoms with E-state index in [4.69, 9.17) is 0 Å². The largest absolute Gasteiger partial charge is 0.351 e. The molecule has 1 aliphatic carbocycles. The Bertz CT molecular complexity index is 760. The van der Waals surface area contributed by atoms with Crippen molar-refractivity contribution in [3.05, 3.63) is 47.0 Å². The second-order valence-corrected chi connectivity index (χ2v) is 8.03. The maximum atomic E-state index is 13.4. The van der Waals surface area contributed by atoms with Gasteiger partial charge in [-0.05, 0) is 43.3 Å². The first kappa shape index (κ1) is 20.5. The summed E-state index contributed by atoms with van der Waals surface area (Å²) < 4.78 is 3.82. The summed E-state index contributed by atoms with van der Waals surface area (Å²) in [7, 11) is 0. The number of rotatable bonds is 7. The maximum Gasteiger partial charge on any atom is 0.276 e. The van der Waals surface area contributed by atoms with Gasteiger partial charge in [0, 0.05) is 17.5 Å². The van der Waals surface area contributed by atoms with Crippen LogP contribution in [0.4, 0.5) is 0 Å². The zero-order chi connectivity index (χ0) is 19.9. The zero-order valence-electron chi connectivity index (χ0n) is 16.5. The Morgan fingerprint density at radius 3 is 2.54 bits per heavy atom. The Balaban J connectivity index is 1.94. The molecule has 1 N–H and O–H groups in total. The summed E-state index contributed by atoms with van der Waals surface area (Å²) in [5.41, 5.74) is 1.10. The van der Waals surface area contributed by atoms with Gasteiger partial charge in [-0.15, -0.1) is 5.10 Å². The van der Waals surface area contributed by atoms with Crippen molar-refractivity contribution in [2.24, 2.45) is 0 Å². The number of benzene rings is 1. The van der Waals surface area contributed by atoms with Crippen LogP contribution in [0.2, 0.25) is 0 Å². The number of carbonyl (C=O) groups is 2. The summed E-state index contributed by atoms with van der Waals surface area (Å²) in [5, 5.41) is 8.80. The van der Waals surface area contributed by atoms with Crippen LogP contribution in [-0.4, -0.2) is 38.4 Å².